The number of alkyl halides is 1. The predicted molar refractivity (Wildman–Crippen MR) is 46.4 cm³/mol. The average Bonchev–Trinajstić information content (AvgIpc) is 2.33. The van der Waals surface area contributed by atoms with Crippen LogP contribution in [0.4, 0.5) is 0 Å². The molecular weight excluding hydrogens is 168 g/mol. The predicted octanol–water partition coefficient (Wildman–Crippen LogP) is 2.61. The Morgan fingerprint density at radius 1 is 1.80 bits per heavy atom. The summed E-state index contributed by atoms with van der Waals surface area (Å²) in [6.45, 7) is 2.73. The van der Waals surface area contributed by atoms with E-state index in [4.69, 9.17) is 16.3 Å². The maximum absolute atomic E-state index is 5.51. The molecule has 58 valence electrons. The highest BCUT2D eigenvalue weighted by atomic mass is 35.5. The van der Waals surface area contributed by atoms with E-state index in [-0.39, 0.29) is 4.93 Å². The molecule has 0 aromatic rings. The van der Waals surface area contributed by atoms with Crippen LogP contribution in [0.2, 0.25) is 0 Å². The second-order valence-corrected chi connectivity index (χ2v) is 4.11. The number of ether oxygens (including phenoxy) is 1. The van der Waals surface area contributed by atoms with Crippen molar-refractivity contribution in [3.05, 3.63) is 11.5 Å². The Labute approximate surface area is 70.8 Å². The van der Waals surface area contributed by atoms with Crippen molar-refractivity contribution in [1.82, 2.24) is 0 Å². The lowest BCUT2D eigenvalue weighted by Gasteiger charge is -2.22. The fraction of sp³-hybridized carbons (Fsp3) is 0.714. The molecular formula is C7H11ClOS. The first-order valence-electron chi connectivity index (χ1n) is 3.30. The Hall–Kier alpha value is 0.340. The number of thioether (sulfide) groups is 1. The van der Waals surface area contributed by atoms with Gasteiger partial charge in [-0.05, 0) is 12.3 Å². The van der Waals surface area contributed by atoms with Crippen LogP contribution in [-0.2, 0) is 4.74 Å². The molecule has 0 aromatic carbocycles. The second kappa shape index (κ2) is 3.65. The summed E-state index contributed by atoms with van der Waals surface area (Å²) in [5.74, 6) is 0.580. The van der Waals surface area contributed by atoms with Crippen LogP contribution >= 0.6 is 23.4 Å². The van der Waals surface area contributed by atoms with Crippen LogP contribution < -0.4 is 0 Å². The van der Waals surface area contributed by atoms with Crippen LogP contribution in [0.1, 0.15) is 13.3 Å². The highest BCUT2D eigenvalue weighted by molar-refractivity contribution is 8.03. The summed E-state index contributed by atoms with van der Waals surface area (Å²) in [5.41, 5.74) is 0. The standard InChI is InChI=1S/C7H11ClOS/c1-7(9-5-4-8)3-2-6-10-7/h2,6H,3-5H2,1H3. The molecule has 0 bridgehead atoms. The average molecular weight is 179 g/mol. The van der Waals surface area contributed by atoms with Crippen molar-refractivity contribution in [3.8, 4) is 0 Å². The van der Waals surface area contributed by atoms with E-state index in [1.165, 1.54) is 0 Å². The van der Waals surface area contributed by atoms with Crippen LogP contribution in [0.15, 0.2) is 11.5 Å². The van der Waals surface area contributed by atoms with Gasteiger partial charge in [0.25, 0.3) is 0 Å². The van der Waals surface area contributed by atoms with Crippen molar-refractivity contribution in [3.63, 3.8) is 0 Å². The first-order valence-corrected chi connectivity index (χ1v) is 4.71. The Morgan fingerprint density at radius 3 is 3.10 bits per heavy atom. The molecule has 0 radical (unpaired) electrons. The summed E-state index contributed by atoms with van der Waals surface area (Å²) in [5, 5.41) is 2.08. The second-order valence-electron chi connectivity index (χ2n) is 2.37. The molecule has 0 aromatic heterocycles. The van der Waals surface area contributed by atoms with Crippen LogP contribution in [0, 0.1) is 0 Å². The number of halogens is 1. The zero-order chi connectivity index (χ0) is 7.45. The van der Waals surface area contributed by atoms with Crippen molar-refractivity contribution in [2.75, 3.05) is 12.5 Å². The van der Waals surface area contributed by atoms with Crippen LogP contribution in [0.5, 0.6) is 0 Å². The van der Waals surface area contributed by atoms with Gasteiger partial charge in [-0.25, -0.2) is 0 Å². The molecule has 1 atom stereocenters. The zero-order valence-electron chi connectivity index (χ0n) is 5.97. The quantitative estimate of drug-likeness (QED) is 0.615. The summed E-state index contributed by atoms with van der Waals surface area (Å²) in [7, 11) is 0. The Morgan fingerprint density at radius 2 is 2.60 bits per heavy atom. The van der Waals surface area contributed by atoms with E-state index in [9.17, 15) is 0 Å². The minimum absolute atomic E-state index is 0.0328. The maximum atomic E-state index is 5.51. The molecule has 1 aliphatic rings. The van der Waals surface area contributed by atoms with Gasteiger partial charge in [0.1, 0.15) is 4.93 Å². The van der Waals surface area contributed by atoms with Crippen LogP contribution in [0.3, 0.4) is 0 Å². The van der Waals surface area contributed by atoms with Gasteiger partial charge >= 0.3 is 0 Å². The van der Waals surface area contributed by atoms with Gasteiger partial charge in [0.2, 0.25) is 0 Å². The fourth-order valence-electron chi connectivity index (χ4n) is 0.850. The minimum Gasteiger partial charge on any atom is -0.363 e. The molecule has 0 saturated heterocycles. The van der Waals surface area contributed by atoms with E-state index < -0.39 is 0 Å². The lowest BCUT2D eigenvalue weighted by atomic mass is 10.3. The Balaban J connectivity index is 2.24. The third-order valence-corrected chi connectivity index (χ3v) is 2.65. The highest BCUT2D eigenvalue weighted by Crippen LogP contribution is 2.36. The van der Waals surface area contributed by atoms with Crippen LogP contribution in [-0.4, -0.2) is 17.4 Å². The van der Waals surface area contributed by atoms with E-state index in [2.05, 4.69) is 18.4 Å². The van der Waals surface area contributed by atoms with Gasteiger partial charge in [-0.1, -0.05) is 17.8 Å². The molecule has 0 N–H and O–H groups in total. The number of hydrogen-bond donors (Lipinski definition) is 0. The molecule has 0 saturated carbocycles. The Kier molecular flexibility index (Phi) is 3.08. The summed E-state index contributed by atoms with van der Waals surface area (Å²) in [6, 6.07) is 0. The SMILES string of the molecule is CC1(OCCCl)CC=CS1. The topological polar surface area (TPSA) is 9.23 Å². The molecule has 1 unspecified atom stereocenters. The number of rotatable bonds is 3. The third-order valence-electron chi connectivity index (χ3n) is 1.39. The number of hydrogen-bond acceptors (Lipinski definition) is 2. The van der Waals surface area contributed by atoms with Gasteiger partial charge < -0.3 is 4.74 Å². The van der Waals surface area contributed by atoms with E-state index >= 15 is 0 Å². The smallest absolute Gasteiger partial charge is 0.118 e. The van der Waals surface area contributed by atoms with Gasteiger partial charge in [0.05, 0.1) is 6.61 Å². The normalized spacial score (nSPS) is 31.4. The summed E-state index contributed by atoms with van der Waals surface area (Å²) in [6.07, 6.45) is 3.12. The molecule has 1 heterocycles. The molecule has 1 aliphatic heterocycles. The molecule has 0 spiro atoms. The van der Waals surface area contributed by atoms with E-state index in [1.807, 2.05) is 0 Å². The van der Waals surface area contributed by atoms with Crippen molar-refractivity contribution < 1.29 is 4.74 Å². The monoisotopic (exact) mass is 178 g/mol. The fourth-order valence-corrected chi connectivity index (χ4v) is 1.75. The molecule has 0 fully saturated rings. The van der Waals surface area contributed by atoms with Gasteiger partial charge in [-0.15, -0.1) is 11.6 Å². The van der Waals surface area contributed by atoms with Gasteiger partial charge in [-0.3, -0.25) is 0 Å². The molecule has 1 rings (SSSR count). The lowest BCUT2D eigenvalue weighted by Crippen LogP contribution is -2.21. The molecule has 0 amide bonds. The minimum atomic E-state index is -0.0328. The van der Waals surface area contributed by atoms with Gasteiger partial charge in [0.15, 0.2) is 0 Å². The third kappa shape index (κ3) is 2.19. The van der Waals surface area contributed by atoms with E-state index in [0.29, 0.717) is 12.5 Å². The van der Waals surface area contributed by atoms with Gasteiger partial charge in [-0.2, -0.15) is 0 Å². The largest absolute Gasteiger partial charge is 0.363 e. The van der Waals surface area contributed by atoms with E-state index in [0.717, 1.165) is 6.42 Å². The molecule has 10 heavy (non-hydrogen) atoms. The van der Waals surface area contributed by atoms with Crippen molar-refractivity contribution in [1.29, 1.82) is 0 Å². The van der Waals surface area contributed by atoms with Crippen LogP contribution in [0.25, 0.3) is 0 Å². The summed E-state index contributed by atoms with van der Waals surface area (Å²) < 4.78 is 5.51. The first-order chi connectivity index (χ1) is 4.77. The van der Waals surface area contributed by atoms with Gasteiger partial charge in [0, 0.05) is 12.3 Å². The van der Waals surface area contributed by atoms with Crippen molar-refractivity contribution in [2.45, 2.75) is 18.3 Å². The van der Waals surface area contributed by atoms with Crippen molar-refractivity contribution in [2.24, 2.45) is 0 Å². The summed E-state index contributed by atoms with van der Waals surface area (Å²) >= 11 is 7.21. The molecule has 3 heteroatoms. The highest BCUT2D eigenvalue weighted by Gasteiger charge is 2.26. The maximum Gasteiger partial charge on any atom is 0.118 e. The zero-order valence-corrected chi connectivity index (χ0v) is 7.54. The molecule has 1 nitrogen and oxygen atoms in total. The molecule has 0 aliphatic carbocycles. The Bertz CT molecular complexity index is 128. The summed E-state index contributed by atoms with van der Waals surface area (Å²) in [4.78, 5) is -0.0328. The first kappa shape index (κ1) is 8.44. The lowest BCUT2D eigenvalue weighted by molar-refractivity contribution is 0.0543. The van der Waals surface area contributed by atoms with E-state index in [1.54, 1.807) is 11.8 Å². The van der Waals surface area contributed by atoms with Crippen molar-refractivity contribution >= 4 is 23.4 Å².